The second-order valence-corrected chi connectivity index (χ2v) is 6.88. The third-order valence-electron chi connectivity index (χ3n) is 4.02. The van der Waals surface area contributed by atoms with E-state index in [4.69, 9.17) is 9.15 Å². The van der Waals surface area contributed by atoms with Crippen LogP contribution in [0.2, 0.25) is 0 Å². The maximum Gasteiger partial charge on any atom is 0.340 e. The number of benzene rings is 1. The maximum atomic E-state index is 12.0. The van der Waals surface area contributed by atoms with E-state index in [2.05, 4.69) is 12.7 Å². The second kappa shape index (κ2) is 7.14. The fourth-order valence-corrected chi connectivity index (χ4v) is 3.81. The van der Waals surface area contributed by atoms with Crippen LogP contribution >= 0.6 is 11.8 Å². The largest absolute Gasteiger partial charge is 0.489 e. The van der Waals surface area contributed by atoms with Crippen molar-refractivity contribution in [1.82, 2.24) is 0 Å². The normalized spacial score (nSPS) is 13.7. The molecule has 0 bridgehead atoms. The van der Waals surface area contributed by atoms with Crippen LogP contribution < -0.4 is 10.4 Å². The van der Waals surface area contributed by atoms with Crippen LogP contribution in [-0.4, -0.2) is 12.4 Å². The molecular weight excluding hydrogens is 320 g/mol. The van der Waals surface area contributed by atoms with Crippen LogP contribution in [-0.2, 0) is 6.42 Å². The molecule has 0 saturated heterocycles. The summed E-state index contributed by atoms with van der Waals surface area (Å²) in [6.45, 7) is 8.43. The monoisotopic (exact) mass is 340 g/mol. The lowest BCUT2D eigenvalue weighted by atomic mass is 10.1. The van der Waals surface area contributed by atoms with Crippen molar-refractivity contribution in [3.05, 3.63) is 81.4 Å². The molecule has 1 aliphatic heterocycles. The van der Waals surface area contributed by atoms with Gasteiger partial charge >= 0.3 is 5.63 Å². The standard InChI is InChI=1S/C20H20O3S/c1-13-6-4-5-7-18(13)22-11-14(2)16-8-9-17-19(24-12-16)10-15(3)23-20(17)21/h4-8,10H,2,9,11-12H2,1,3H3. The Labute approximate surface area is 146 Å². The molecule has 1 aromatic heterocycles. The number of ether oxygens (including phenoxy) is 1. The topological polar surface area (TPSA) is 39.4 Å². The van der Waals surface area contributed by atoms with E-state index in [0.717, 1.165) is 38.7 Å². The van der Waals surface area contributed by atoms with Gasteiger partial charge in [-0.05, 0) is 49.1 Å². The van der Waals surface area contributed by atoms with Crippen molar-refractivity contribution >= 4 is 11.8 Å². The van der Waals surface area contributed by atoms with E-state index in [9.17, 15) is 4.79 Å². The molecule has 0 amide bonds. The van der Waals surface area contributed by atoms with Crippen molar-refractivity contribution < 1.29 is 9.15 Å². The quantitative estimate of drug-likeness (QED) is 0.823. The van der Waals surface area contributed by atoms with Crippen molar-refractivity contribution in [1.29, 1.82) is 0 Å². The Morgan fingerprint density at radius 3 is 2.92 bits per heavy atom. The van der Waals surface area contributed by atoms with Gasteiger partial charge in [0.05, 0.1) is 5.56 Å². The average molecular weight is 340 g/mol. The Balaban J connectivity index is 1.70. The summed E-state index contributed by atoms with van der Waals surface area (Å²) in [5.41, 5.74) is 3.67. The molecule has 0 aliphatic carbocycles. The highest BCUT2D eigenvalue weighted by molar-refractivity contribution is 7.99. The summed E-state index contributed by atoms with van der Waals surface area (Å²) in [4.78, 5) is 13.0. The summed E-state index contributed by atoms with van der Waals surface area (Å²) in [5.74, 6) is 2.31. The molecule has 0 atom stereocenters. The van der Waals surface area contributed by atoms with Gasteiger partial charge in [-0.15, -0.1) is 11.8 Å². The molecule has 0 spiro atoms. The number of fused-ring (bicyclic) bond motifs is 1. The molecule has 0 unspecified atom stereocenters. The smallest absolute Gasteiger partial charge is 0.340 e. The predicted octanol–water partition coefficient (Wildman–Crippen LogP) is 4.47. The van der Waals surface area contributed by atoms with Gasteiger partial charge < -0.3 is 9.15 Å². The molecule has 124 valence electrons. The molecular formula is C20H20O3S. The third kappa shape index (κ3) is 3.65. The first kappa shape index (κ1) is 16.7. The summed E-state index contributed by atoms with van der Waals surface area (Å²) in [5, 5.41) is 0. The van der Waals surface area contributed by atoms with E-state index in [1.165, 1.54) is 0 Å². The van der Waals surface area contributed by atoms with E-state index in [0.29, 0.717) is 18.8 Å². The molecule has 1 aromatic carbocycles. The van der Waals surface area contributed by atoms with Crippen LogP contribution in [0, 0.1) is 13.8 Å². The van der Waals surface area contributed by atoms with E-state index in [-0.39, 0.29) is 5.63 Å². The molecule has 0 N–H and O–H groups in total. The number of allylic oxidation sites excluding steroid dienone is 1. The van der Waals surface area contributed by atoms with E-state index >= 15 is 0 Å². The minimum absolute atomic E-state index is 0.239. The lowest BCUT2D eigenvalue weighted by Crippen LogP contribution is -2.08. The van der Waals surface area contributed by atoms with Crippen molar-refractivity contribution in [2.75, 3.05) is 12.4 Å². The van der Waals surface area contributed by atoms with Gasteiger partial charge in [-0.2, -0.15) is 0 Å². The Morgan fingerprint density at radius 2 is 2.12 bits per heavy atom. The number of para-hydroxylation sites is 1. The highest BCUT2D eigenvalue weighted by atomic mass is 32.2. The van der Waals surface area contributed by atoms with Crippen molar-refractivity contribution in [3.8, 4) is 5.75 Å². The summed E-state index contributed by atoms with van der Waals surface area (Å²) in [6, 6.07) is 9.88. The van der Waals surface area contributed by atoms with Crippen LogP contribution in [0.4, 0.5) is 0 Å². The summed E-state index contributed by atoms with van der Waals surface area (Å²) < 4.78 is 11.1. The zero-order valence-corrected chi connectivity index (χ0v) is 14.7. The van der Waals surface area contributed by atoms with Crippen molar-refractivity contribution in [3.63, 3.8) is 0 Å². The average Bonchev–Trinajstić information content (AvgIpc) is 2.76. The zero-order valence-electron chi connectivity index (χ0n) is 13.9. The molecule has 0 fully saturated rings. The van der Waals surface area contributed by atoms with Gasteiger partial charge in [0.15, 0.2) is 0 Å². The molecule has 2 aromatic rings. The molecule has 2 heterocycles. The Kier molecular flexibility index (Phi) is 4.95. The fraction of sp³-hybridized carbons (Fsp3) is 0.250. The Hall–Kier alpha value is -2.20. The minimum Gasteiger partial charge on any atom is -0.489 e. The van der Waals surface area contributed by atoms with Crippen molar-refractivity contribution in [2.45, 2.75) is 25.2 Å². The Bertz CT molecular complexity index is 861. The fourth-order valence-electron chi connectivity index (χ4n) is 2.58. The molecule has 1 aliphatic rings. The molecule has 3 rings (SSSR count). The number of rotatable bonds is 4. The predicted molar refractivity (Wildman–Crippen MR) is 98.0 cm³/mol. The zero-order chi connectivity index (χ0) is 17.1. The highest BCUT2D eigenvalue weighted by Crippen LogP contribution is 2.30. The second-order valence-electron chi connectivity index (χ2n) is 5.87. The van der Waals surface area contributed by atoms with Gasteiger partial charge in [0.25, 0.3) is 0 Å². The number of hydrogen-bond donors (Lipinski definition) is 0. The lowest BCUT2D eigenvalue weighted by molar-refractivity contribution is 0.352. The molecule has 0 radical (unpaired) electrons. The SMILES string of the molecule is C=C(COc1ccccc1C)C1=CCc2c(cc(C)oc2=O)SC1. The molecule has 0 saturated carbocycles. The molecule has 4 heteroatoms. The minimum atomic E-state index is -0.239. The van der Waals surface area contributed by atoms with E-state index in [1.807, 2.05) is 37.3 Å². The van der Waals surface area contributed by atoms with Crippen LogP contribution in [0.25, 0.3) is 0 Å². The summed E-state index contributed by atoms with van der Waals surface area (Å²) in [7, 11) is 0. The summed E-state index contributed by atoms with van der Waals surface area (Å²) in [6.07, 6.45) is 2.64. The van der Waals surface area contributed by atoms with Crippen LogP contribution in [0.3, 0.4) is 0 Å². The lowest BCUT2D eigenvalue weighted by Gasteiger charge is -2.12. The molecule has 24 heavy (non-hydrogen) atoms. The number of aryl methyl sites for hydroxylation is 2. The number of hydrogen-bond acceptors (Lipinski definition) is 4. The van der Waals surface area contributed by atoms with Gasteiger partial charge in [0.2, 0.25) is 0 Å². The molecule has 3 nitrogen and oxygen atoms in total. The van der Waals surface area contributed by atoms with Crippen LogP contribution in [0.1, 0.15) is 16.9 Å². The summed E-state index contributed by atoms with van der Waals surface area (Å²) >= 11 is 1.65. The first-order valence-corrected chi connectivity index (χ1v) is 8.85. The van der Waals surface area contributed by atoms with Gasteiger partial charge in [-0.25, -0.2) is 4.79 Å². The van der Waals surface area contributed by atoms with Gasteiger partial charge in [0.1, 0.15) is 18.1 Å². The van der Waals surface area contributed by atoms with Crippen LogP contribution in [0.5, 0.6) is 5.75 Å². The maximum absolute atomic E-state index is 12.0. The van der Waals surface area contributed by atoms with Gasteiger partial charge in [0, 0.05) is 10.6 Å². The first-order valence-electron chi connectivity index (χ1n) is 7.86. The Morgan fingerprint density at radius 1 is 1.33 bits per heavy atom. The van der Waals surface area contributed by atoms with Gasteiger partial charge in [-0.3, -0.25) is 0 Å². The number of thioether (sulfide) groups is 1. The van der Waals surface area contributed by atoms with E-state index in [1.54, 1.807) is 18.7 Å². The van der Waals surface area contributed by atoms with Crippen molar-refractivity contribution in [2.24, 2.45) is 0 Å². The first-order chi connectivity index (χ1) is 11.5. The van der Waals surface area contributed by atoms with Gasteiger partial charge in [-0.1, -0.05) is 30.9 Å². The van der Waals surface area contributed by atoms with Crippen LogP contribution in [0.15, 0.2) is 68.2 Å². The third-order valence-corrected chi connectivity index (χ3v) is 5.15. The van der Waals surface area contributed by atoms with E-state index < -0.39 is 0 Å². The highest BCUT2D eigenvalue weighted by Gasteiger charge is 2.16.